The molecule has 164 valence electrons. The summed E-state index contributed by atoms with van der Waals surface area (Å²) in [6.07, 6.45) is 2.97. The van der Waals surface area contributed by atoms with E-state index in [4.69, 9.17) is 9.47 Å². The molecule has 1 N–H and O–H groups in total. The van der Waals surface area contributed by atoms with Crippen molar-refractivity contribution in [2.45, 2.75) is 58.9 Å². The van der Waals surface area contributed by atoms with Crippen LogP contribution in [0.5, 0.6) is 5.75 Å². The Balaban J connectivity index is 1.47. The molecule has 0 atom stereocenters. The van der Waals surface area contributed by atoms with Crippen LogP contribution in [-0.2, 0) is 14.3 Å². The van der Waals surface area contributed by atoms with E-state index >= 15 is 0 Å². The molecule has 1 aromatic carbocycles. The van der Waals surface area contributed by atoms with E-state index in [0.29, 0.717) is 18.8 Å². The molecule has 0 radical (unpaired) electrons. The highest BCUT2D eigenvalue weighted by Gasteiger charge is 2.53. The van der Waals surface area contributed by atoms with Gasteiger partial charge in [-0.3, -0.25) is 14.5 Å². The van der Waals surface area contributed by atoms with Crippen molar-refractivity contribution in [1.82, 2.24) is 10.2 Å². The molecule has 1 aromatic rings. The number of para-hydroxylation sites is 1. The number of amides is 3. The molecule has 7 heteroatoms. The van der Waals surface area contributed by atoms with Crippen molar-refractivity contribution in [2.24, 2.45) is 11.3 Å². The highest BCUT2D eigenvalue weighted by atomic mass is 16.6. The predicted molar refractivity (Wildman–Crippen MR) is 112 cm³/mol. The summed E-state index contributed by atoms with van der Waals surface area (Å²) in [5.74, 6) is 0.316. The number of nitrogens with zero attached hydrogens (tertiary/aromatic N) is 1. The molecule has 30 heavy (non-hydrogen) atoms. The fraction of sp³-hybridized carbons (Fsp3) is 0.609. The molecule has 2 fully saturated rings. The molecule has 1 saturated heterocycles. The number of esters is 1. The van der Waals surface area contributed by atoms with Gasteiger partial charge in [0.05, 0.1) is 0 Å². The van der Waals surface area contributed by atoms with Gasteiger partial charge in [-0.15, -0.1) is 0 Å². The van der Waals surface area contributed by atoms with Crippen molar-refractivity contribution in [3.05, 3.63) is 29.8 Å². The van der Waals surface area contributed by atoms with Gasteiger partial charge in [-0.05, 0) is 55.6 Å². The third kappa shape index (κ3) is 4.77. The summed E-state index contributed by atoms with van der Waals surface area (Å²) in [6.45, 7) is 8.43. The third-order valence-electron chi connectivity index (χ3n) is 6.29. The smallest absolute Gasteiger partial charge is 0.326 e. The van der Waals surface area contributed by atoms with Crippen molar-refractivity contribution in [2.75, 3.05) is 19.8 Å². The molecule has 1 aliphatic carbocycles. The van der Waals surface area contributed by atoms with Crippen LogP contribution in [0.2, 0.25) is 0 Å². The summed E-state index contributed by atoms with van der Waals surface area (Å²) in [5.41, 5.74) is 0.305. The van der Waals surface area contributed by atoms with Crippen LogP contribution in [0.1, 0.15) is 52.0 Å². The minimum absolute atomic E-state index is 0.0508. The minimum Gasteiger partial charge on any atom is -0.490 e. The second kappa shape index (κ2) is 8.66. The highest BCUT2D eigenvalue weighted by Crippen LogP contribution is 2.43. The Bertz CT molecular complexity index is 806. The molecular weight excluding hydrogens is 384 g/mol. The normalized spacial score (nSPS) is 24.1. The number of urea groups is 1. The molecule has 3 amide bonds. The first-order valence-electron chi connectivity index (χ1n) is 10.6. The summed E-state index contributed by atoms with van der Waals surface area (Å²) in [5, 5.41) is 2.85. The number of hydrogen-bond donors (Lipinski definition) is 1. The van der Waals surface area contributed by atoms with E-state index in [2.05, 4.69) is 26.1 Å². The van der Waals surface area contributed by atoms with Crippen LogP contribution in [0.4, 0.5) is 4.79 Å². The quantitative estimate of drug-likeness (QED) is 0.436. The zero-order valence-electron chi connectivity index (χ0n) is 18.3. The summed E-state index contributed by atoms with van der Waals surface area (Å²) >= 11 is 0. The second-order valence-corrected chi connectivity index (χ2v) is 9.38. The number of nitrogens with one attached hydrogen (secondary N) is 1. The first kappa shape index (κ1) is 22.1. The summed E-state index contributed by atoms with van der Waals surface area (Å²) in [7, 11) is 0. The Kier molecular flexibility index (Phi) is 6.38. The maximum absolute atomic E-state index is 12.9. The lowest BCUT2D eigenvalue weighted by atomic mass is 9.67. The molecule has 2 aliphatic rings. The Morgan fingerprint density at radius 2 is 1.83 bits per heavy atom. The SMILES string of the molecule is Cc1ccccc1OCCOC(=O)CN1C(=O)NC2(CCC(C(C)(C)C)CC2)C1=O. The average Bonchev–Trinajstić information content (AvgIpc) is 2.90. The van der Waals surface area contributed by atoms with Crippen molar-refractivity contribution >= 4 is 17.9 Å². The lowest BCUT2D eigenvalue weighted by molar-refractivity contribution is -0.148. The lowest BCUT2D eigenvalue weighted by Crippen LogP contribution is -2.50. The van der Waals surface area contributed by atoms with Gasteiger partial charge < -0.3 is 14.8 Å². The maximum atomic E-state index is 12.9. The van der Waals surface area contributed by atoms with Gasteiger partial charge in [0.15, 0.2) is 0 Å². The van der Waals surface area contributed by atoms with Crippen LogP contribution in [0.3, 0.4) is 0 Å². The van der Waals surface area contributed by atoms with Crippen LogP contribution >= 0.6 is 0 Å². The number of aryl methyl sites for hydroxylation is 1. The number of hydrogen-bond acceptors (Lipinski definition) is 5. The van der Waals surface area contributed by atoms with Gasteiger partial charge in [0, 0.05) is 0 Å². The predicted octanol–water partition coefficient (Wildman–Crippen LogP) is 3.44. The Morgan fingerprint density at radius 3 is 2.47 bits per heavy atom. The lowest BCUT2D eigenvalue weighted by Gasteiger charge is -2.40. The number of ether oxygens (including phenoxy) is 2. The first-order chi connectivity index (χ1) is 14.1. The molecule has 0 bridgehead atoms. The van der Waals surface area contributed by atoms with Gasteiger partial charge in [-0.1, -0.05) is 39.0 Å². The largest absolute Gasteiger partial charge is 0.490 e. The van der Waals surface area contributed by atoms with E-state index < -0.39 is 17.5 Å². The van der Waals surface area contributed by atoms with Crippen molar-refractivity contribution in [3.63, 3.8) is 0 Å². The van der Waals surface area contributed by atoms with Crippen LogP contribution in [-0.4, -0.2) is 48.1 Å². The molecular formula is C23H32N2O5. The van der Waals surface area contributed by atoms with Gasteiger partial charge in [-0.2, -0.15) is 0 Å². The van der Waals surface area contributed by atoms with Crippen LogP contribution in [0, 0.1) is 18.3 Å². The number of carbonyl (C=O) groups excluding carboxylic acids is 3. The second-order valence-electron chi connectivity index (χ2n) is 9.38. The Hall–Kier alpha value is -2.57. The Labute approximate surface area is 178 Å². The average molecular weight is 417 g/mol. The van der Waals surface area contributed by atoms with Gasteiger partial charge in [0.2, 0.25) is 0 Å². The van der Waals surface area contributed by atoms with Gasteiger partial charge in [-0.25, -0.2) is 4.79 Å². The van der Waals surface area contributed by atoms with E-state index in [9.17, 15) is 14.4 Å². The molecule has 1 spiro atoms. The molecule has 0 unspecified atom stereocenters. The molecule has 0 aromatic heterocycles. The maximum Gasteiger partial charge on any atom is 0.326 e. The molecule has 1 heterocycles. The van der Waals surface area contributed by atoms with Crippen LogP contribution < -0.4 is 10.1 Å². The summed E-state index contributed by atoms with van der Waals surface area (Å²) < 4.78 is 10.8. The summed E-state index contributed by atoms with van der Waals surface area (Å²) in [4.78, 5) is 38.5. The van der Waals surface area contributed by atoms with Gasteiger partial charge in [0.1, 0.15) is 31.0 Å². The molecule has 7 nitrogen and oxygen atoms in total. The fourth-order valence-corrected chi connectivity index (χ4v) is 4.34. The number of benzene rings is 1. The monoisotopic (exact) mass is 416 g/mol. The first-order valence-corrected chi connectivity index (χ1v) is 10.6. The van der Waals surface area contributed by atoms with Crippen molar-refractivity contribution < 1.29 is 23.9 Å². The van der Waals surface area contributed by atoms with Crippen LogP contribution in [0.15, 0.2) is 24.3 Å². The van der Waals surface area contributed by atoms with E-state index in [1.165, 1.54) is 0 Å². The van der Waals surface area contributed by atoms with Gasteiger partial charge in [0.25, 0.3) is 5.91 Å². The van der Waals surface area contributed by atoms with E-state index in [-0.39, 0.29) is 31.1 Å². The van der Waals surface area contributed by atoms with Crippen molar-refractivity contribution in [1.29, 1.82) is 0 Å². The third-order valence-corrected chi connectivity index (χ3v) is 6.29. The van der Waals surface area contributed by atoms with E-state index in [0.717, 1.165) is 29.1 Å². The number of rotatable bonds is 6. The fourth-order valence-electron chi connectivity index (χ4n) is 4.34. The zero-order valence-corrected chi connectivity index (χ0v) is 18.3. The number of carbonyl (C=O) groups is 3. The highest BCUT2D eigenvalue weighted by molar-refractivity contribution is 6.08. The molecule has 3 rings (SSSR count). The molecule has 1 aliphatic heterocycles. The van der Waals surface area contributed by atoms with E-state index in [1.807, 2.05) is 31.2 Å². The molecule has 1 saturated carbocycles. The van der Waals surface area contributed by atoms with Gasteiger partial charge >= 0.3 is 12.0 Å². The van der Waals surface area contributed by atoms with E-state index in [1.54, 1.807) is 0 Å². The topological polar surface area (TPSA) is 84.9 Å². The number of imide groups is 1. The standard InChI is InChI=1S/C23H32N2O5/c1-16-7-5-6-8-18(16)29-13-14-30-19(26)15-25-20(27)23(24-21(25)28)11-9-17(10-12-23)22(2,3)4/h5-8,17H,9-15H2,1-4H3,(H,24,28). The minimum atomic E-state index is -0.868. The zero-order chi connectivity index (χ0) is 21.9. The van der Waals surface area contributed by atoms with Crippen LogP contribution in [0.25, 0.3) is 0 Å². The Morgan fingerprint density at radius 1 is 1.17 bits per heavy atom. The van der Waals surface area contributed by atoms with Crippen molar-refractivity contribution in [3.8, 4) is 5.75 Å². The summed E-state index contributed by atoms with van der Waals surface area (Å²) in [6, 6.07) is 7.06.